The molecular weight excluding hydrogens is 516 g/mol. The average molecular weight is 551 g/mol. The Morgan fingerprint density at radius 3 is 1.80 bits per heavy atom. The van der Waals surface area contributed by atoms with E-state index in [9.17, 15) is 35.7 Å². The molecule has 1 aliphatic carbocycles. The molecular formula is C31H34O9. The van der Waals surface area contributed by atoms with Crippen LogP contribution in [0.2, 0.25) is 0 Å². The number of hydrogen-bond acceptors (Lipinski definition) is 9. The van der Waals surface area contributed by atoms with E-state index in [1.54, 1.807) is 0 Å². The molecule has 2 fully saturated rings. The molecule has 0 bridgehead atoms. The monoisotopic (exact) mass is 550 g/mol. The molecule has 2 aromatic rings. The first-order valence-electron chi connectivity index (χ1n) is 13.3. The topological polar surface area (TPSA) is 160 Å². The van der Waals surface area contributed by atoms with Crippen molar-refractivity contribution < 1.29 is 45.2 Å². The van der Waals surface area contributed by atoms with E-state index < -0.39 is 61.5 Å². The predicted octanol–water partition coefficient (Wildman–Crippen LogP) is -0.590. The molecule has 2 heterocycles. The van der Waals surface area contributed by atoms with Crippen LogP contribution in [0.5, 0.6) is 0 Å². The van der Waals surface area contributed by atoms with Crippen molar-refractivity contribution in [1.82, 2.24) is 0 Å². The Kier molecular flexibility index (Phi) is 8.06. The fraction of sp³-hybridized carbons (Fsp3) is 0.484. The van der Waals surface area contributed by atoms with Gasteiger partial charge in [-0.1, -0.05) is 49.7 Å². The van der Waals surface area contributed by atoms with Crippen LogP contribution in [0.25, 0.3) is 11.1 Å². The summed E-state index contributed by atoms with van der Waals surface area (Å²) in [4.78, 5) is 0. The van der Waals surface area contributed by atoms with E-state index in [-0.39, 0.29) is 18.4 Å². The van der Waals surface area contributed by atoms with Crippen molar-refractivity contribution in [2.75, 3.05) is 13.2 Å². The number of ether oxygens (including phenoxy) is 2. The lowest BCUT2D eigenvalue weighted by Gasteiger charge is -2.37. The molecule has 7 N–H and O–H groups in total. The molecule has 9 nitrogen and oxygen atoms in total. The first kappa shape index (κ1) is 28.7. The summed E-state index contributed by atoms with van der Waals surface area (Å²) in [7, 11) is 0. The van der Waals surface area contributed by atoms with E-state index in [1.165, 1.54) is 0 Å². The zero-order valence-electron chi connectivity index (χ0n) is 22.2. The summed E-state index contributed by atoms with van der Waals surface area (Å²) in [5.41, 5.74) is 5.24. The van der Waals surface area contributed by atoms with E-state index in [4.69, 9.17) is 9.47 Å². The van der Waals surface area contributed by atoms with Crippen molar-refractivity contribution in [3.63, 3.8) is 0 Å². The van der Waals surface area contributed by atoms with E-state index in [2.05, 4.69) is 37.5 Å². The van der Waals surface area contributed by atoms with Crippen LogP contribution >= 0.6 is 0 Å². The lowest BCUT2D eigenvalue weighted by Crippen LogP contribution is -2.58. The quantitative estimate of drug-likeness (QED) is 0.243. The van der Waals surface area contributed by atoms with Crippen LogP contribution in [-0.2, 0) is 14.9 Å². The van der Waals surface area contributed by atoms with Crippen molar-refractivity contribution in [3.8, 4) is 34.8 Å². The number of aliphatic hydroxyl groups excluding tert-OH is 7. The Hall–Kier alpha value is -2.80. The minimum absolute atomic E-state index is 0.149. The second kappa shape index (κ2) is 11.2. The molecule has 0 spiro atoms. The van der Waals surface area contributed by atoms with Crippen LogP contribution < -0.4 is 0 Å². The normalized spacial score (nSPS) is 34.1. The molecule has 9 unspecified atom stereocenters. The maximum atomic E-state index is 10.3. The largest absolute Gasteiger partial charge is 0.394 e. The minimum atomic E-state index is -1.48. The number of benzene rings is 2. The molecule has 0 saturated carbocycles. The van der Waals surface area contributed by atoms with Gasteiger partial charge in [-0.2, -0.15) is 0 Å². The SMILES string of the molecule is CC1(C)c2cc(C#CC3OC(CO)CC(O)C3O)ccc2-c2ccc(C#CC3OC(CO)C(O)C(O)C3O)cc21. The minimum Gasteiger partial charge on any atom is -0.394 e. The Labute approximate surface area is 232 Å². The number of fused-ring (bicyclic) bond motifs is 3. The van der Waals surface area contributed by atoms with Crippen LogP contribution in [0.15, 0.2) is 36.4 Å². The van der Waals surface area contributed by atoms with Gasteiger partial charge in [0.1, 0.15) is 42.7 Å². The molecule has 2 aliphatic heterocycles. The molecule has 3 aliphatic rings. The predicted molar refractivity (Wildman–Crippen MR) is 144 cm³/mol. The number of hydrogen-bond donors (Lipinski definition) is 7. The van der Waals surface area contributed by atoms with Crippen LogP contribution in [0.1, 0.15) is 42.5 Å². The van der Waals surface area contributed by atoms with E-state index >= 15 is 0 Å². The highest BCUT2D eigenvalue weighted by atomic mass is 16.5. The third kappa shape index (κ3) is 5.17. The zero-order valence-corrected chi connectivity index (χ0v) is 22.2. The standard InChI is InChI=1S/C31H34O9/c1-31(2)21-11-16(5-9-24-27(35)23(34)13-18(14-32)39-24)3-7-19(21)20-8-4-17(12-22(20)31)6-10-25-28(36)30(38)29(37)26(15-33)40-25/h3-4,7-8,11-12,18,23-30,32-38H,13-15H2,1-2H3. The lowest BCUT2D eigenvalue weighted by molar-refractivity contribution is -0.214. The molecule has 212 valence electrons. The summed E-state index contributed by atoms with van der Waals surface area (Å²) >= 11 is 0. The van der Waals surface area contributed by atoms with Crippen LogP contribution in [0, 0.1) is 23.7 Å². The maximum Gasteiger partial charge on any atom is 0.147 e. The highest BCUT2D eigenvalue weighted by molar-refractivity contribution is 5.82. The van der Waals surface area contributed by atoms with E-state index in [0.29, 0.717) is 5.56 Å². The van der Waals surface area contributed by atoms with Gasteiger partial charge in [-0.3, -0.25) is 0 Å². The fourth-order valence-electron chi connectivity index (χ4n) is 5.61. The first-order chi connectivity index (χ1) is 19.0. The van der Waals surface area contributed by atoms with E-state index in [1.807, 2.05) is 36.4 Å². The van der Waals surface area contributed by atoms with Crippen LogP contribution in [0.4, 0.5) is 0 Å². The maximum absolute atomic E-state index is 10.3. The zero-order chi connectivity index (χ0) is 28.8. The molecule has 9 heteroatoms. The Balaban J connectivity index is 1.39. The van der Waals surface area contributed by atoms with Gasteiger partial charge in [0.25, 0.3) is 0 Å². The van der Waals surface area contributed by atoms with Crippen molar-refractivity contribution in [2.45, 2.75) is 80.6 Å². The summed E-state index contributed by atoms with van der Waals surface area (Å²) in [6, 6.07) is 11.7. The Bertz CT molecular complexity index is 1380. The summed E-state index contributed by atoms with van der Waals surface area (Å²) in [5.74, 6) is 11.8. The summed E-state index contributed by atoms with van der Waals surface area (Å²) < 4.78 is 11.1. The lowest BCUT2D eigenvalue weighted by atomic mass is 9.81. The Morgan fingerprint density at radius 1 is 0.725 bits per heavy atom. The number of aliphatic hydroxyl groups is 7. The summed E-state index contributed by atoms with van der Waals surface area (Å²) in [6.45, 7) is 3.42. The third-order valence-electron chi connectivity index (χ3n) is 8.04. The molecule has 40 heavy (non-hydrogen) atoms. The summed E-state index contributed by atoms with van der Waals surface area (Å²) in [6.07, 6.45) is -9.94. The number of rotatable bonds is 2. The molecule has 0 amide bonds. The van der Waals surface area contributed by atoms with Gasteiger partial charge in [0.2, 0.25) is 0 Å². The third-order valence-corrected chi connectivity index (χ3v) is 8.04. The van der Waals surface area contributed by atoms with Crippen molar-refractivity contribution in [3.05, 3.63) is 58.7 Å². The van der Waals surface area contributed by atoms with Gasteiger partial charge < -0.3 is 45.2 Å². The van der Waals surface area contributed by atoms with Gasteiger partial charge in [0.15, 0.2) is 0 Å². The molecule has 2 aromatic carbocycles. The van der Waals surface area contributed by atoms with Crippen molar-refractivity contribution >= 4 is 0 Å². The summed E-state index contributed by atoms with van der Waals surface area (Å²) in [5, 5.41) is 69.5. The molecule has 5 rings (SSSR count). The van der Waals surface area contributed by atoms with Crippen LogP contribution in [0.3, 0.4) is 0 Å². The van der Waals surface area contributed by atoms with Gasteiger partial charge in [0.05, 0.1) is 25.4 Å². The van der Waals surface area contributed by atoms with Gasteiger partial charge in [0, 0.05) is 23.0 Å². The van der Waals surface area contributed by atoms with Crippen LogP contribution in [-0.4, -0.2) is 104 Å². The van der Waals surface area contributed by atoms with Crippen molar-refractivity contribution in [2.24, 2.45) is 0 Å². The second-order valence-electron chi connectivity index (χ2n) is 11.1. The van der Waals surface area contributed by atoms with Gasteiger partial charge in [-0.25, -0.2) is 0 Å². The van der Waals surface area contributed by atoms with Gasteiger partial charge in [-0.15, -0.1) is 0 Å². The molecule has 2 saturated heterocycles. The van der Waals surface area contributed by atoms with Crippen molar-refractivity contribution in [1.29, 1.82) is 0 Å². The second-order valence-corrected chi connectivity index (χ2v) is 11.1. The fourth-order valence-corrected chi connectivity index (χ4v) is 5.61. The van der Waals surface area contributed by atoms with Gasteiger partial charge >= 0.3 is 0 Å². The molecule has 9 atom stereocenters. The molecule has 0 aromatic heterocycles. The first-order valence-corrected chi connectivity index (χ1v) is 13.3. The highest BCUT2D eigenvalue weighted by Crippen LogP contribution is 2.49. The highest BCUT2D eigenvalue weighted by Gasteiger charge is 2.43. The Morgan fingerprint density at radius 2 is 1.27 bits per heavy atom. The van der Waals surface area contributed by atoms with E-state index in [0.717, 1.165) is 27.8 Å². The smallest absolute Gasteiger partial charge is 0.147 e. The average Bonchev–Trinajstić information content (AvgIpc) is 3.17. The molecule has 0 radical (unpaired) electrons. The van der Waals surface area contributed by atoms with Gasteiger partial charge in [-0.05, 0) is 46.5 Å².